The van der Waals surface area contributed by atoms with E-state index in [1.54, 1.807) is 0 Å². The van der Waals surface area contributed by atoms with Gasteiger partial charge in [-0.1, -0.05) is 32.0 Å². The Kier molecular flexibility index (Phi) is 4.22. The van der Waals surface area contributed by atoms with E-state index in [2.05, 4.69) is 19.9 Å². The molecule has 2 rings (SSSR count). The SMILES string of the molecule is CC(C)c1ccccc1N1CCN(C)C(CN)C1=O. The van der Waals surface area contributed by atoms with Crippen molar-refractivity contribution < 1.29 is 4.79 Å². The van der Waals surface area contributed by atoms with Crippen LogP contribution in [0, 0.1) is 0 Å². The molecule has 1 aliphatic heterocycles. The van der Waals surface area contributed by atoms with Gasteiger partial charge in [0.05, 0.1) is 0 Å². The number of nitrogens with two attached hydrogens (primary N) is 1. The number of para-hydroxylation sites is 1. The van der Waals surface area contributed by atoms with Crippen LogP contribution in [0.5, 0.6) is 0 Å². The summed E-state index contributed by atoms with van der Waals surface area (Å²) in [6, 6.07) is 7.95. The maximum atomic E-state index is 12.5. The first kappa shape index (κ1) is 14.0. The van der Waals surface area contributed by atoms with Crippen LogP contribution in [0.25, 0.3) is 0 Å². The van der Waals surface area contributed by atoms with Gasteiger partial charge in [-0.2, -0.15) is 0 Å². The quantitative estimate of drug-likeness (QED) is 0.895. The van der Waals surface area contributed by atoms with Crippen LogP contribution in [0.15, 0.2) is 24.3 Å². The molecule has 0 aliphatic carbocycles. The standard InChI is InChI=1S/C15H23N3O/c1-11(2)12-6-4-5-7-13(12)18-9-8-17(3)14(10-16)15(18)19/h4-7,11,14H,8-10,16H2,1-3H3. The number of rotatable bonds is 3. The average Bonchev–Trinajstić information content (AvgIpc) is 2.39. The Balaban J connectivity index is 2.34. The third-order valence-electron chi connectivity index (χ3n) is 3.83. The van der Waals surface area contributed by atoms with E-state index < -0.39 is 0 Å². The monoisotopic (exact) mass is 261 g/mol. The molecule has 1 atom stereocenters. The second-order valence-corrected chi connectivity index (χ2v) is 5.44. The van der Waals surface area contributed by atoms with Gasteiger partial charge in [0.1, 0.15) is 6.04 Å². The van der Waals surface area contributed by atoms with E-state index in [1.165, 1.54) is 5.56 Å². The van der Waals surface area contributed by atoms with Gasteiger partial charge in [-0.3, -0.25) is 9.69 Å². The fourth-order valence-electron chi connectivity index (χ4n) is 2.63. The van der Waals surface area contributed by atoms with Gasteiger partial charge in [-0.05, 0) is 24.6 Å². The first-order valence-corrected chi connectivity index (χ1v) is 6.87. The van der Waals surface area contributed by atoms with Gasteiger partial charge in [0.2, 0.25) is 5.91 Å². The summed E-state index contributed by atoms with van der Waals surface area (Å²) >= 11 is 0. The molecule has 1 saturated heterocycles. The van der Waals surface area contributed by atoms with E-state index in [9.17, 15) is 4.79 Å². The Morgan fingerprint density at radius 1 is 1.32 bits per heavy atom. The van der Waals surface area contributed by atoms with Gasteiger partial charge in [0.15, 0.2) is 0 Å². The molecule has 4 nitrogen and oxygen atoms in total. The summed E-state index contributed by atoms with van der Waals surface area (Å²) in [7, 11) is 1.96. The molecule has 1 amide bonds. The second kappa shape index (κ2) is 5.72. The number of hydrogen-bond acceptors (Lipinski definition) is 3. The molecule has 0 saturated carbocycles. The van der Waals surface area contributed by atoms with Crippen molar-refractivity contribution in [2.75, 3.05) is 31.6 Å². The zero-order valence-corrected chi connectivity index (χ0v) is 12.0. The lowest BCUT2D eigenvalue weighted by molar-refractivity contribution is -0.124. The molecule has 104 valence electrons. The molecule has 4 heteroatoms. The number of carbonyl (C=O) groups is 1. The molecule has 1 aromatic rings. The van der Waals surface area contributed by atoms with Crippen LogP contribution in [-0.2, 0) is 4.79 Å². The van der Waals surface area contributed by atoms with Gasteiger partial charge >= 0.3 is 0 Å². The minimum absolute atomic E-state index is 0.115. The Hall–Kier alpha value is -1.39. The van der Waals surface area contributed by atoms with Crippen molar-refractivity contribution in [3.63, 3.8) is 0 Å². The lowest BCUT2D eigenvalue weighted by Crippen LogP contribution is -2.58. The highest BCUT2D eigenvalue weighted by Crippen LogP contribution is 2.29. The number of nitrogens with zero attached hydrogens (tertiary/aromatic N) is 2. The summed E-state index contributed by atoms with van der Waals surface area (Å²) in [6.45, 7) is 6.27. The lowest BCUT2D eigenvalue weighted by Gasteiger charge is -2.39. The molecule has 1 heterocycles. The Labute approximate surface area is 115 Å². The number of piperazine rings is 1. The van der Waals surface area contributed by atoms with Crippen molar-refractivity contribution in [3.05, 3.63) is 29.8 Å². The third-order valence-corrected chi connectivity index (χ3v) is 3.83. The molecule has 0 bridgehead atoms. The summed E-state index contributed by atoms with van der Waals surface area (Å²) in [5, 5.41) is 0. The summed E-state index contributed by atoms with van der Waals surface area (Å²) in [4.78, 5) is 16.5. The zero-order chi connectivity index (χ0) is 14.0. The van der Waals surface area contributed by atoms with Crippen molar-refractivity contribution in [3.8, 4) is 0 Å². The zero-order valence-electron chi connectivity index (χ0n) is 12.0. The highest BCUT2D eigenvalue weighted by molar-refractivity contribution is 5.98. The van der Waals surface area contributed by atoms with Gasteiger partial charge in [-0.25, -0.2) is 0 Å². The largest absolute Gasteiger partial charge is 0.328 e. The normalized spacial score (nSPS) is 21.2. The summed E-state index contributed by atoms with van der Waals surface area (Å²) in [6.07, 6.45) is 0. The first-order valence-electron chi connectivity index (χ1n) is 6.87. The van der Waals surface area contributed by atoms with Crippen molar-refractivity contribution >= 4 is 11.6 Å². The first-order chi connectivity index (χ1) is 9.06. The average molecular weight is 261 g/mol. The van der Waals surface area contributed by atoms with E-state index in [1.807, 2.05) is 35.0 Å². The van der Waals surface area contributed by atoms with Crippen LogP contribution in [-0.4, -0.2) is 43.5 Å². The molecule has 0 spiro atoms. The van der Waals surface area contributed by atoms with Crippen LogP contribution in [0.1, 0.15) is 25.3 Å². The maximum absolute atomic E-state index is 12.5. The molecule has 0 aromatic heterocycles. The fourth-order valence-corrected chi connectivity index (χ4v) is 2.63. The third kappa shape index (κ3) is 2.65. The van der Waals surface area contributed by atoms with Gasteiger partial charge in [0.25, 0.3) is 0 Å². The molecular formula is C15H23N3O. The summed E-state index contributed by atoms with van der Waals surface area (Å²) in [5.74, 6) is 0.518. The smallest absolute Gasteiger partial charge is 0.245 e. The fraction of sp³-hybridized carbons (Fsp3) is 0.533. The number of anilines is 1. The van der Waals surface area contributed by atoms with E-state index >= 15 is 0 Å². The van der Waals surface area contributed by atoms with E-state index in [-0.39, 0.29) is 11.9 Å². The second-order valence-electron chi connectivity index (χ2n) is 5.44. The molecule has 0 radical (unpaired) electrons. The molecule has 1 fully saturated rings. The Morgan fingerprint density at radius 3 is 2.63 bits per heavy atom. The van der Waals surface area contributed by atoms with Crippen LogP contribution in [0.2, 0.25) is 0 Å². The molecule has 1 aromatic carbocycles. The van der Waals surface area contributed by atoms with E-state index in [0.717, 1.165) is 18.8 Å². The number of hydrogen-bond donors (Lipinski definition) is 1. The topological polar surface area (TPSA) is 49.6 Å². The molecule has 1 unspecified atom stereocenters. The van der Waals surface area contributed by atoms with Crippen LogP contribution < -0.4 is 10.6 Å². The van der Waals surface area contributed by atoms with E-state index in [4.69, 9.17) is 5.73 Å². The van der Waals surface area contributed by atoms with Gasteiger partial charge in [0, 0.05) is 25.3 Å². The van der Waals surface area contributed by atoms with Crippen molar-refractivity contribution in [2.24, 2.45) is 5.73 Å². The number of carbonyl (C=O) groups excluding carboxylic acids is 1. The van der Waals surface area contributed by atoms with Crippen molar-refractivity contribution in [1.29, 1.82) is 0 Å². The molecule has 2 N–H and O–H groups in total. The number of likely N-dealkylation sites (N-methyl/N-ethyl adjacent to an activating group) is 1. The Morgan fingerprint density at radius 2 is 2.00 bits per heavy atom. The number of benzene rings is 1. The van der Waals surface area contributed by atoms with E-state index in [0.29, 0.717) is 12.5 Å². The predicted octanol–water partition coefficient (Wildman–Crippen LogP) is 1.42. The van der Waals surface area contributed by atoms with Gasteiger partial charge < -0.3 is 10.6 Å². The number of amides is 1. The summed E-state index contributed by atoms with van der Waals surface area (Å²) in [5.41, 5.74) is 7.99. The molecule has 19 heavy (non-hydrogen) atoms. The maximum Gasteiger partial charge on any atom is 0.245 e. The van der Waals surface area contributed by atoms with Gasteiger partial charge in [-0.15, -0.1) is 0 Å². The van der Waals surface area contributed by atoms with Crippen molar-refractivity contribution in [1.82, 2.24) is 4.90 Å². The summed E-state index contributed by atoms with van der Waals surface area (Å²) < 4.78 is 0. The molecular weight excluding hydrogens is 238 g/mol. The lowest BCUT2D eigenvalue weighted by atomic mass is 9.99. The highest BCUT2D eigenvalue weighted by Gasteiger charge is 2.33. The predicted molar refractivity (Wildman–Crippen MR) is 78.4 cm³/mol. The van der Waals surface area contributed by atoms with Crippen molar-refractivity contribution in [2.45, 2.75) is 25.8 Å². The van der Waals surface area contributed by atoms with Crippen LogP contribution in [0.3, 0.4) is 0 Å². The van der Waals surface area contributed by atoms with Crippen LogP contribution >= 0.6 is 0 Å². The molecule has 1 aliphatic rings. The van der Waals surface area contributed by atoms with Crippen LogP contribution in [0.4, 0.5) is 5.69 Å². The highest BCUT2D eigenvalue weighted by atomic mass is 16.2. The minimum Gasteiger partial charge on any atom is -0.328 e. The Bertz CT molecular complexity index is 458. The minimum atomic E-state index is -0.200.